The molecule has 0 aliphatic carbocycles. The first kappa shape index (κ1) is 14.2. The Hall–Kier alpha value is -0.900. The summed E-state index contributed by atoms with van der Waals surface area (Å²) in [6, 6.07) is 0. The van der Waals surface area contributed by atoms with Crippen LogP contribution in [-0.2, 0) is 12.0 Å². The van der Waals surface area contributed by atoms with Gasteiger partial charge in [-0.1, -0.05) is 45.2 Å². The van der Waals surface area contributed by atoms with Gasteiger partial charge in [0.15, 0.2) is 5.82 Å². The van der Waals surface area contributed by atoms with Crippen molar-refractivity contribution >= 4 is 0 Å². The zero-order valence-electron chi connectivity index (χ0n) is 11.3. The predicted octanol–water partition coefficient (Wildman–Crippen LogP) is 3.17. The molecule has 0 aliphatic rings. The quantitative estimate of drug-likeness (QED) is 0.708. The van der Waals surface area contributed by atoms with Gasteiger partial charge < -0.3 is 10.3 Å². The SMILES string of the molecule is CCCCCCc1nc(C(N)(CC)CC)no1. The lowest BCUT2D eigenvalue weighted by Crippen LogP contribution is -2.36. The number of rotatable bonds is 8. The topological polar surface area (TPSA) is 64.9 Å². The molecule has 0 saturated carbocycles. The van der Waals surface area contributed by atoms with E-state index in [1.165, 1.54) is 19.3 Å². The fourth-order valence-electron chi connectivity index (χ4n) is 1.83. The molecule has 1 aromatic rings. The maximum atomic E-state index is 6.22. The van der Waals surface area contributed by atoms with E-state index in [1.54, 1.807) is 0 Å². The first-order valence-electron chi connectivity index (χ1n) is 6.78. The Bertz CT molecular complexity index is 318. The van der Waals surface area contributed by atoms with Crippen LogP contribution in [0, 0.1) is 0 Å². The van der Waals surface area contributed by atoms with Crippen LogP contribution in [-0.4, -0.2) is 10.1 Å². The van der Waals surface area contributed by atoms with Crippen molar-refractivity contribution in [3.8, 4) is 0 Å². The molecule has 1 rings (SSSR count). The van der Waals surface area contributed by atoms with Gasteiger partial charge in [-0.15, -0.1) is 0 Å². The van der Waals surface area contributed by atoms with Crippen LogP contribution in [0.1, 0.15) is 71.0 Å². The van der Waals surface area contributed by atoms with Crippen LogP contribution in [0.4, 0.5) is 0 Å². The first-order chi connectivity index (χ1) is 8.16. The fraction of sp³-hybridized carbons (Fsp3) is 0.846. The van der Waals surface area contributed by atoms with Crippen molar-refractivity contribution in [2.75, 3.05) is 0 Å². The van der Waals surface area contributed by atoms with E-state index in [1.807, 2.05) is 0 Å². The van der Waals surface area contributed by atoms with E-state index >= 15 is 0 Å². The Morgan fingerprint density at radius 3 is 2.41 bits per heavy atom. The second-order valence-electron chi connectivity index (χ2n) is 4.69. The van der Waals surface area contributed by atoms with E-state index in [0.29, 0.717) is 5.82 Å². The molecule has 0 aliphatic heterocycles. The first-order valence-corrected chi connectivity index (χ1v) is 6.78. The third kappa shape index (κ3) is 3.80. The van der Waals surface area contributed by atoms with Gasteiger partial charge in [0, 0.05) is 6.42 Å². The minimum absolute atomic E-state index is 0.425. The number of nitrogens with two attached hydrogens (primary N) is 1. The highest BCUT2D eigenvalue weighted by Gasteiger charge is 2.28. The number of aromatic nitrogens is 2. The van der Waals surface area contributed by atoms with Crippen molar-refractivity contribution in [2.45, 2.75) is 71.3 Å². The largest absolute Gasteiger partial charge is 0.339 e. The van der Waals surface area contributed by atoms with E-state index < -0.39 is 5.54 Å². The van der Waals surface area contributed by atoms with Crippen LogP contribution in [0.2, 0.25) is 0 Å². The molecule has 0 atom stereocenters. The smallest absolute Gasteiger partial charge is 0.226 e. The van der Waals surface area contributed by atoms with E-state index in [2.05, 4.69) is 30.9 Å². The summed E-state index contributed by atoms with van der Waals surface area (Å²) in [7, 11) is 0. The average molecular weight is 239 g/mol. The standard InChI is InChI=1S/C13H25N3O/c1-4-7-8-9-10-11-15-12(16-17-11)13(14,5-2)6-3/h4-10,14H2,1-3H3. The molecule has 0 bridgehead atoms. The molecule has 17 heavy (non-hydrogen) atoms. The van der Waals surface area contributed by atoms with Crippen LogP contribution in [0.15, 0.2) is 4.52 Å². The molecule has 0 amide bonds. The molecule has 98 valence electrons. The normalized spacial score (nSPS) is 12.0. The van der Waals surface area contributed by atoms with Crippen LogP contribution >= 0.6 is 0 Å². The summed E-state index contributed by atoms with van der Waals surface area (Å²) >= 11 is 0. The van der Waals surface area contributed by atoms with Crippen molar-refractivity contribution in [1.82, 2.24) is 10.1 Å². The lowest BCUT2D eigenvalue weighted by Gasteiger charge is -2.21. The number of hydrogen-bond acceptors (Lipinski definition) is 4. The van der Waals surface area contributed by atoms with Gasteiger partial charge in [-0.2, -0.15) is 4.98 Å². The van der Waals surface area contributed by atoms with Gasteiger partial charge in [-0.05, 0) is 19.3 Å². The molecular formula is C13H25N3O. The molecule has 0 unspecified atom stereocenters. The minimum atomic E-state index is -0.425. The minimum Gasteiger partial charge on any atom is -0.339 e. The molecule has 0 saturated heterocycles. The van der Waals surface area contributed by atoms with Gasteiger partial charge >= 0.3 is 0 Å². The van der Waals surface area contributed by atoms with Gasteiger partial charge in [-0.3, -0.25) is 0 Å². The van der Waals surface area contributed by atoms with E-state index in [9.17, 15) is 0 Å². The Morgan fingerprint density at radius 1 is 1.12 bits per heavy atom. The van der Waals surface area contributed by atoms with E-state index in [4.69, 9.17) is 10.3 Å². The number of aryl methyl sites for hydroxylation is 1. The van der Waals surface area contributed by atoms with Gasteiger partial charge in [-0.25, -0.2) is 0 Å². The molecule has 1 aromatic heterocycles. The summed E-state index contributed by atoms with van der Waals surface area (Å²) < 4.78 is 5.25. The number of unbranched alkanes of at least 4 members (excludes halogenated alkanes) is 3. The molecule has 2 N–H and O–H groups in total. The Morgan fingerprint density at radius 2 is 1.82 bits per heavy atom. The van der Waals surface area contributed by atoms with Crippen LogP contribution in [0.5, 0.6) is 0 Å². The summed E-state index contributed by atoms with van der Waals surface area (Å²) in [5.74, 6) is 1.39. The van der Waals surface area contributed by atoms with Crippen LogP contribution < -0.4 is 5.73 Å². The van der Waals surface area contributed by atoms with Crippen molar-refractivity contribution < 1.29 is 4.52 Å². The summed E-state index contributed by atoms with van der Waals surface area (Å²) in [6.07, 6.45) is 7.39. The summed E-state index contributed by atoms with van der Waals surface area (Å²) in [4.78, 5) is 4.42. The monoisotopic (exact) mass is 239 g/mol. The molecule has 4 nitrogen and oxygen atoms in total. The molecule has 1 heterocycles. The zero-order chi connectivity index (χ0) is 12.7. The summed E-state index contributed by atoms with van der Waals surface area (Å²) in [6.45, 7) is 6.32. The zero-order valence-corrected chi connectivity index (χ0v) is 11.3. The highest BCUT2D eigenvalue weighted by Crippen LogP contribution is 2.23. The Kier molecular flexibility index (Phi) is 5.62. The van der Waals surface area contributed by atoms with Gasteiger partial charge in [0.05, 0.1) is 5.54 Å². The van der Waals surface area contributed by atoms with Gasteiger partial charge in [0.1, 0.15) is 0 Å². The van der Waals surface area contributed by atoms with Crippen molar-refractivity contribution in [2.24, 2.45) is 5.73 Å². The van der Waals surface area contributed by atoms with E-state index in [-0.39, 0.29) is 0 Å². The Balaban J connectivity index is 2.53. The summed E-state index contributed by atoms with van der Waals surface area (Å²) in [5.41, 5.74) is 5.80. The number of hydrogen-bond donors (Lipinski definition) is 1. The predicted molar refractivity (Wildman–Crippen MR) is 68.6 cm³/mol. The van der Waals surface area contributed by atoms with Crippen molar-refractivity contribution in [3.05, 3.63) is 11.7 Å². The highest BCUT2D eigenvalue weighted by molar-refractivity contribution is 5.02. The lowest BCUT2D eigenvalue weighted by molar-refractivity contribution is 0.334. The second-order valence-corrected chi connectivity index (χ2v) is 4.69. The van der Waals surface area contributed by atoms with Crippen molar-refractivity contribution in [1.29, 1.82) is 0 Å². The molecule has 0 aromatic carbocycles. The lowest BCUT2D eigenvalue weighted by atomic mass is 9.93. The maximum absolute atomic E-state index is 6.22. The molecule has 0 radical (unpaired) electrons. The third-order valence-corrected chi connectivity index (χ3v) is 3.42. The Labute approximate surface area is 104 Å². The summed E-state index contributed by atoms with van der Waals surface area (Å²) in [5, 5.41) is 4.02. The van der Waals surface area contributed by atoms with Crippen LogP contribution in [0.25, 0.3) is 0 Å². The highest BCUT2D eigenvalue weighted by atomic mass is 16.5. The van der Waals surface area contributed by atoms with E-state index in [0.717, 1.165) is 31.6 Å². The number of nitrogens with zero attached hydrogens (tertiary/aromatic N) is 2. The third-order valence-electron chi connectivity index (χ3n) is 3.42. The maximum Gasteiger partial charge on any atom is 0.226 e. The molecule has 0 fully saturated rings. The molecule has 4 heteroatoms. The fourth-order valence-corrected chi connectivity index (χ4v) is 1.83. The van der Waals surface area contributed by atoms with Gasteiger partial charge in [0.2, 0.25) is 5.89 Å². The molecule has 0 spiro atoms. The molecular weight excluding hydrogens is 214 g/mol. The second kappa shape index (κ2) is 6.74. The van der Waals surface area contributed by atoms with Crippen molar-refractivity contribution in [3.63, 3.8) is 0 Å². The average Bonchev–Trinajstić information content (AvgIpc) is 2.83. The van der Waals surface area contributed by atoms with Gasteiger partial charge in [0.25, 0.3) is 0 Å². The van der Waals surface area contributed by atoms with Crippen LogP contribution in [0.3, 0.4) is 0 Å².